The number of ether oxygens (including phenoxy) is 1. The fourth-order valence-electron chi connectivity index (χ4n) is 5.46. The molecule has 11 nitrogen and oxygen atoms in total. The number of amides is 1. The van der Waals surface area contributed by atoms with Gasteiger partial charge in [-0.2, -0.15) is 0 Å². The summed E-state index contributed by atoms with van der Waals surface area (Å²) in [6.45, 7) is 2.77. The van der Waals surface area contributed by atoms with Crippen molar-refractivity contribution in [2.45, 2.75) is 31.6 Å². The molecule has 1 aliphatic heterocycles. The van der Waals surface area contributed by atoms with E-state index in [0.29, 0.717) is 69.0 Å². The third-order valence-corrected chi connectivity index (χ3v) is 9.17. The van der Waals surface area contributed by atoms with Crippen LogP contribution in [-0.2, 0) is 15.8 Å². The van der Waals surface area contributed by atoms with Gasteiger partial charge >= 0.3 is 6.09 Å². The molecule has 5 aromatic rings. The number of aryl methyl sites for hydroxylation is 1. The number of nitrogens with one attached hydrogen (secondary N) is 2. The van der Waals surface area contributed by atoms with Gasteiger partial charge in [0.15, 0.2) is 0 Å². The summed E-state index contributed by atoms with van der Waals surface area (Å²) in [5, 5.41) is 14.6. The van der Waals surface area contributed by atoms with Crippen LogP contribution in [0.4, 0.5) is 16.4 Å². The molecule has 0 aliphatic carbocycles. The number of hydrogen-bond donors (Lipinski definition) is 3. The van der Waals surface area contributed by atoms with E-state index in [9.17, 15) is 18.3 Å². The summed E-state index contributed by atoms with van der Waals surface area (Å²) in [6.07, 6.45) is 3.87. The number of rotatable bonds is 9. The average molecular weight is 659 g/mol. The van der Waals surface area contributed by atoms with Gasteiger partial charge in [-0.15, -0.1) is 0 Å². The van der Waals surface area contributed by atoms with Gasteiger partial charge in [0.25, 0.3) is 0 Å². The van der Waals surface area contributed by atoms with E-state index in [-0.39, 0.29) is 11.8 Å². The second-order valence-corrected chi connectivity index (χ2v) is 13.2. The second-order valence-electron chi connectivity index (χ2n) is 11.0. The Bertz CT molecular complexity index is 2010. The molecular weight excluding hydrogens is 628 g/mol. The van der Waals surface area contributed by atoms with Crippen LogP contribution >= 0.6 is 11.6 Å². The third-order valence-electron chi connectivity index (χ3n) is 7.67. The van der Waals surface area contributed by atoms with Gasteiger partial charge in [-0.3, -0.25) is 4.72 Å². The molecule has 1 fully saturated rings. The van der Waals surface area contributed by atoms with E-state index in [1.54, 1.807) is 60.9 Å². The van der Waals surface area contributed by atoms with Crippen LogP contribution in [0.1, 0.15) is 24.0 Å². The third kappa shape index (κ3) is 7.13. The number of halogens is 1. The van der Waals surface area contributed by atoms with E-state index in [1.807, 2.05) is 31.2 Å². The molecule has 0 spiro atoms. The van der Waals surface area contributed by atoms with Crippen molar-refractivity contribution in [3.63, 3.8) is 0 Å². The molecule has 0 radical (unpaired) electrons. The van der Waals surface area contributed by atoms with Gasteiger partial charge < -0.3 is 20.1 Å². The predicted molar refractivity (Wildman–Crippen MR) is 178 cm³/mol. The zero-order valence-electron chi connectivity index (χ0n) is 24.9. The van der Waals surface area contributed by atoms with E-state index in [4.69, 9.17) is 21.3 Å². The SMILES string of the molecule is Cc1ccc2c(NS(=O)(=O)Cc3ccc(Cl)cc3)cccc2c1Oc1ncccc1-c1ccnc(NC2CCCN(C(=O)O)C2)n1. The van der Waals surface area contributed by atoms with Gasteiger partial charge in [-0.05, 0) is 67.3 Å². The summed E-state index contributed by atoms with van der Waals surface area (Å²) < 4.78 is 35.4. The number of benzene rings is 3. The van der Waals surface area contributed by atoms with Crippen LogP contribution in [0.2, 0.25) is 5.02 Å². The molecule has 3 N–H and O–H groups in total. The lowest BCUT2D eigenvalue weighted by molar-refractivity contribution is 0.132. The number of aromatic nitrogens is 3. The van der Waals surface area contributed by atoms with Crippen molar-refractivity contribution in [1.82, 2.24) is 19.9 Å². The minimum absolute atomic E-state index is 0.110. The molecule has 1 aliphatic rings. The molecule has 1 unspecified atom stereocenters. The fraction of sp³-hybridized carbons (Fsp3) is 0.212. The summed E-state index contributed by atoms with van der Waals surface area (Å²) in [6, 6.07) is 21.0. The summed E-state index contributed by atoms with van der Waals surface area (Å²) in [4.78, 5) is 26.4. The maximum atomic E-state index is 13.1. The van der Waals surface area contributed by atoms with E-state index in [0.717, 1.165) is 18.4 Å². The molecule has 13 heteroatoms. The lowest BCUT2D eigenvalue weighted by Crippen LogP contribution is -2.44. The van der Waals surface area contributed by atoms with Crippen LogP contribution in [0.5, 0.6) is 11.6 Å². The normalized spacial score (nSPS) is 15.0. The Morgan fingerprint density at radius 2 is 1.85 bits per heavy atom. The Balaban J connectivity index is 1.27. The number of likely N-dealkylation sites (tertiary alicyclic amines) is 1. The van der Waals surface area contributed by atoms with Gasteiger partial charge in [-0.25, -0.2) is 28.2 Å². The quantitative estimate of drug-likeness (QED) is 0.153. The van der Waals surface area contributed by atoms with E-state index < -0.39 is 16.1 Å². The zero-order valence-corrected chi connectivity index (χ0v) is 26.4. The van der Waals surface area contributed by atoms with Crippen LogP contribution in [-0.4, -0.2) is 58.6 Å². The second kappa shape index (κ2) is 13.2. The van der Waals surface area contributed by atoms with Crippen LogP contribution < -0.4 is 14.8 Å². The molecule has 46 heavy (non-hydrogen) atoms. The van der Waals surface area contributed by atoms with Gasteiger partial charge in [0.2, 0.25) is 21.9 Å². The van der Waals surface area contributed by atoms with Crippen molar-refractivity contribution in [2.75, 3.05) is 23.1 Å². The van der Waals surface area contributed by atoms with Crippen molar-refractivity contribution < 1.29 is 23.1 Å². The van der Waals surface area contributed by atoms with E-state index >= 15 is 0 Å². The molecular formula is C33H31ClN6O5S. The predicted octanol–water partition coefficient (Wildman–Crippen LogP) is 6.94. The largest absolute Gasteiger partial charge is 0.465 e. The molecule has 2 aromatic heterocycles. The maximum Gasteiger partial charge on any atom is 0.407 e. The number of pyridine rings is 1. The number of anilines is 2. The molecule has 3 aromatic carbocycles. The molecule has 0 bridgehead atoms. The smallest absolute Gasteiger partial charge is 0.407 e. The highest BCUT2D eigenvalue weighted by molar-refractivity contribution is 7.91. The standard InChI is InChI=1S/C33H31ClN6O5S/c1-21-9-14-25-26(6-2-8-29(25)39-46(43,44)20-22-10-12-23(34)13-11-22)30(21)45-31-27(7-3-16-35-31)28-15-17-36-32(38-28)37-24-5-4-18-40(19-24)33(41)42/h2-3,6-17,24,39H,4-5,18-20H2,1H3,(H,41,42)(H,36,37,38). The molecule has 6 rings (SSSR count). The first-order valence-corrected chi connectivity index (χ1v) is 16.7. The highest BCUT2D eigenvalue weighted by Crippen LogP contribution is 2.39. The number of carboxylic acid groups (broad SMARTS) is 1. The highest BCUT2D eigenvalue weighted by atomic mass is 35.5. The maximum absolute atomic E-state index is 13.1. The van der Waals surface area contributed by atoms with E-state index in [2.05, 4.69) is 20.0 Å². The lowest BCUT2D eigenvalue weighted by atomic mass is 10.0. The van der Waals surface area contributed by atoms with Crippen LogP contribution in [0.25, 0.3) is 22.0 Å². The number of nitrogens with zero attached hydrogens (tertiary/aromatic N) is 4. The first-order chi connectivity index (χ1) is 22.1. The van der Waals surface area contributed by atoms with Crippen molar-refractivity contribution in [2.24, 2.45) is 0 Å². The minimum atomic E-state index is -3.74. The van der Waals surface area contributed by atoms with Crippen LogP contribution in [0.15, 0.2) is 85.2 Å². The summed E-state index contributed by atoms with van der Waals surface area (Å²) in [5.41, 5.74) is 3.06. The molecule has 1 amide bonds. The van der Waals surface area contributed by atoms with Crippen LogP contribution in [0.3, 0.4) is 0 Å². The Hall–Kier alpha value is -4.94. The highest BCUT2D eigenvalue weighted by Gasteiger charge is 2.24. The number of sulfonamides is 1. The molecule has 3 heterocycles. The number of piperidine rings is 1. The zero-order chi connectivity index (χ0) is 32.3. The molecule has 1 saturated heterocycles. The number of hydrogen-bond acceptors (Lipinski definition) is 8. The fourth-order valence-corrected chi connectivity index (χ4v) is 6.80. The monoisotopic (exact) mass is 658 g/mol. The van der Waals surface area contributed by atoms with E-state index in [1.165, 1.54) is 4.90 Å². The molecule has 0 saturated carbocycles. The Kier molecular flexibility index (Phi) is 8.91. The van der Waals surface area contributed by atoms with Crippen molar-refractivity contribution in [3.05, 3.63) is 101 Å². The van der Waals surface area contributed by atoms with Crippen molar-refractivity contribution in [3.8, 4) is 22.9 Å². The Morgan fingerprint density at radius 3 is 2.65 bits per heavy atom. The first-order valence-electron chi connectivity index (χ1n) is 14.6. The number of fused-ring (bicyclic) bond motifs is 1. The van der Waals surface area contributed by atoms with Gasteiger partial charge in [-0.1, -0.05) is 48.0 Å². The Labute approximate surface area is 271 Å². The van der Waals surface area contributed by atoms with Crippen molar-refractivity contribution in [1.29, 1.82) is 0 Å². The average Bonchev–Trinajstić information content (AvgIpc) is 3.04. The Morgan fingerprint density at radius 1 is 1.02 bits per heavy atom. The van der Waals surface area contributed by atoms with Crippen LogP contribution in [0, 0.1) is 6.92 Å². The summed E-state index contributed by atoms with van der Waals surface area (Å²) >= 11 is 5.96. The minimum Gasteiger partial charge on any atom is -0.465 e. The van der Waals surface area contributed by atoms with Gasteiger partial charge in [0, 0.05) is 47.3 Å². The van der Waals surface area contributed by atoms with Gasteiger partial charge in [0.05, 0.1) is 22.7 Å². The molecule has 236 valence electrons. The summed E-state index contributed by atoms with van der Waals surface area (Å²) in [5.74, 6) is 1.01. The summed E-state index contributed by atoms with van der Waals surface area (Å²) in [7, 11) is -3.74. The van der Waals surface area contributed by atoms with Crippen molar-refractivity contribution >= 4 is 50.1 Å². The lowest BCUT2D eigenvalue weighted by Gasteiger charge is -2.31. The number of carbonyl (C=O) groups is 1. The molecule has 1 atom stereocenters. The topological polar surface area (TPSA) is 147 Å². The first kappa shape index (κ1) is 31.1. The van der Waals surface area contributed by atoms with Gasteiger partial charge in [0.1, 0.15) is 5.75 Å².